The normalized spacial score (nSPS) is 16.6. The van der Waals surface area contributed by atoms with Crippen LogP contribution in [0.4, 0.5) is 0 Å². The van der Waals surface area contributed by atoms with Crippen molar-refractivity contribution >= 4 is 17.8 Å². The SMILES string of the molecule is O=C(N[C@@H](Cc1ccc(-c2ccccc2)cc1)C(=O)O)C1c2cc(OCCCc3ccccc3)ccc2CCN1C(=O)CC1CCCC1. The second-order valence-corrected chi connectivity index (χ2v) is 13.1. The lowest BCUT2D eigenvalue weighted by Crippen LogP contribution is -2.51. The summed E-state index contributed by atoms with van der Waals surface area (Å²) in [5, 5.41) is 13.0. The monoisotopic (exact) mass is 644 g/mol. The first-order valence-electron chi connectivity index (χ1n) is 17.2. The molecule has 2 N–H and O–H groups in total. The van der Waals surface area contributed by atoms with Gasteiger partial charge in [0.05, 0.1) is 6.61 Å². The van der Waals surface area contributed by atoms with Crippen LogP contribution in [0.2, 0.25) is 0 Å². The second kappa shape index (κ2) is 15.8. The number of amides is 2. The summed E-state index contributed by atoms with van der Waals surface area (Å²) in [5.41, 5.74) is 5.83. The van der Waals surface area contributed by atoms with Gasteiger partial charge in [0, 0.05) is 19.4 Å². The molecule has 0 spiro atoms. The summed E-state index contributed by atoms with van der Waals surface area (Å²) >= 11 is 0. The molecule has 1 aliphatic heterocycles. The number of nitrogens with one attached hydrogen (secondary N) is 1. The van der Waals surface area contributed by atoms with E-state index >= 15 is 0 Å². The Bertz CT molecular complexity index is 1680. The molecule has 2 atom stereocenters. The number of fused-ring (bicyclic) bond motifs is 1. The van der Waals surface area contributed by atoms with E-state index in [1.807, 2.05) is 91.0 Å². The van der Waals surface area contributed by atoms with Gasteiger partial charge in [-0.2, -0.15) is 0 Å². The maximum Gasteiger partial charge on any atom is 0.326 e. The van der Waals surface area contributed by atoms with Gasteiger partial charge in [-0.1, -0.05) is 104 Å². The number of carbonyl (C=O) groups is 3. The fraction of sp³-hybridized carbons (Fsp3) is 0.341. The predicted molar refractivity (Wildman–Crippen MR) is 187 cm³/mol. The molecular formula is C41H44N2O5. The van der Waals surface area contributed by atoms with Crippen LogP contribution in [0.25, 0.3) is 11.1 Å². The molecule has 2 amide bonds. The molecule has 1 heterocycles. The third kappa shape index (κ3) is 8.32. The molecule has 1 aliphatic carbocycles. The number of ether oxygens (including phenoxy) is 1. The number of hydrogen-bond acceptors (Lipinski definition) is 4. The van der Waals surface area contributed by atoms with Crippen molar-refractivity contribution in [2.45, 2.75) is 69.9 Å². The second-order valence-electron chi connectivity index (χ2n) is 13.1. The van der Waals surface area contributed by atoms with E-state index in [1.165, 1.54) is 5.56 Å². The maximum absolute atomic E-state index is 14.2. The zero-order chi connectivity index (χ0) is 33.3. The highest BCUT2D eigenvalue weighted by molar-refractivity contribution is 5.92. The van der Waals surface area contributed by atoms with Crippen LogP contribution in [-0.4, -0.2) is 47.0 Å². The van der Waals surface area contributed by atoms with E-state index in [2.05, 4.69) is 17.4 Å². The van der Waals surface area contributed by atoms with E-state index in [-0.39, 0.29) is 12.3 Å². The minimum Gasteiger partial charge on any atom is -0.494 e. The van der Waals surface area contributed by atoms with E-state index in [1.54, 1.807) is 4.90 Å². The zero-order valence-corrected chi connectivity index (χ0v) is 27.4. The summed E-state index contributed by atoms with van der Waals surface area (Å²) in [4.78, 5) is 42.1. The van der Waals surface area contributed by atoms with Gasteiger partial charge in [-0.05, 0) is 83.5 Å². The fourth-order valence-corrected chi connectivity index (χ4v) is 7.07. The largest absolute Gasteiger partial charge is 0.494 e. The number of aryl methyl sites for hydroxylation is 1. The smallest absolute Gasteiger partial charge is 0.326 e. The van der Waals surface area contributed by atoms with Crippen molar-refractivity contribution in [1.82, 2.24) is 10.2 Å². The van der Waals surface area contributed by atoms with E-state index in [0.717, 1.165) is 60.8 Å². The third-order valence-corrected chi connectivity index (χ3v) is 9.69. The van der Waals surface area contributed by atoms with E-state index in [9.17, 15) is 19.5 Å². The Balaban J connectivity index is 1.19. The van der Waals surface area contributed by atoms with Crippen LogP contribution >= 0.6 is 0 Å². The average molecular weight is 645 g/mol. The standard InChI is InChI=1S/C41H44N2O5/c44-38(27-30-12-7-8-13-30)43-24-23-34-21-22-35(48-25-9-14-29-10-3-1-4-11-29)28-36(34)39(43)40(45)42-37(41(46)47)26-31-17-19-33(20-18-31)32-15-5-2-6-16-32/h1-6,10-11,15-22,28,30,37,39H,7-9,12-14,23-27H2,(H,42,45)(H,46,47)/t37-,39?/m0/s1. The molecular weight excluding hydrogens is 600 g/mol. The lowest BCUT2D eigenvalue weighted by atomic mass is 9.90. The number of nitrogens with zero attached hydrogens (tertiary/aromatic N) is 1. The van der Waals surface area contributed by atoms with Gasteiger partial charge < -0.3 is 20.1 Å². The van der Waals surface area contributed by atoms with Crippen LogP contribution in [0.3, 0.4) is 0 Å². The van der Waals surface area contributed by atoms with Crippen LogP contribution in [0.5, 0.6) is 5.75 Å². The van der Waals surface area contributed by atoms with Crippen LogP contribution in [0, 0.1) is 5.92 Å². The van der Waals surface area contributed by atoms with Crippen molar-refractivity contribution in [1.29, 1.82) is 0 Å². The Hall–Kier alpha value is -4.91. The Morgan fingerprint density at radius 3 is 2.23 bits per heavy atom. The molecule has 6 rings (SSSR count). The first-order valence-corrected chi connectivity index (χ1v) is 17.2. The summed E-state index contributed by atoms with van der Waals surface area (Å²) in [6, 6.07) is 31.6. The van der Waals surface area contributed by atoms with Crippen LogP contribution in [0.15, 0.2) is 103 Å². The molecule has 48 heavy (non-hydrogen) atoms. The Kier molecular flexibility index (Phi) is 10.9. The lowest BCUT2D eigenvalue weighted by molar-refractivity contribution is -0.145. The molecule has 4 aromatic carbocycles. The van der Waals surface area contributed by atoms with Gasteiger partial charge in [-0.25, -0.2) is 4.79 Å². The molecule has 248 valence electrons. The predicted octanol–water partition coefficient (Wildman–Crippen LogP) is 7.18. The van der Waals surface area contributed by atoms with Crippen LogP contribution in [0.1, 0.15) is 66.8 Å². The highest BCUT2D eigenvalue weighted by atomic mass is 16.5. The molecule has 0 radical (unpaired) electrons. The highest BCUT2D eigenvalue weighted by Gasteiger charge is 2.38. The molecule has 0 bridgehead atoms. The number of hydrogen-bond donors (Lipinski definition) is 2. The first-order chi connectivity index (χ1) is 23.4. The third-order valence-electron chi connectivity index (χ3n) is 9.69. The number of carboxylic acid groups (broad SMARTS) is 1. The molecule has 1 fully saturated rings. The molecule has 4 aromatic rings. The maximum atomic E-state index is 14.2. The van der Waals surface area contributed by atoms with Crippen LogP contribution < -0.4 is 10.1 Å². The van der Waals surface area contributed by atoms with Crippen LogP contribution in [-0.2, 0) is 33.6 Å². The van der Waals surface area contributed by atoms with Gasteiger partial charge in [0.2, 0.25) is 11.8 Å². The van der Waals surface area contributed by atoms with Gasteiger partial charge in [-0.15, -0.1) is 0 Å². The van der Waals surface area contributed by atoms with E-state index < -0.39 is 24.0 Å². The van der Waals surface area contributed by atoms with Crippen molar-refractivity contribution in [3.8, 4) is 16.9 Å². The number of carbonyl (C=O) groups excluding carboxylic acids is 2. The minimum absolute atomic E-state index is 0.0507. The molecule has 7 heteroatoms. The molecule has 7 nitrogen and oxygen atoms in total. The topological polar surface area (TPSA) is 95.9 Å². The Morgan fingerprint density at radius 2 is 1.52 bits per heavy atom. The van der Waals surface area contributed by atoms with Gasteiger partial charge in [0.1, 0.15) is 17.8 Å². The van der Waals surface area contributed by atoms with Crippen molar-refractivity contribution in [3.05, 3.63) is 125 Å². The lowest BCUT2D eigenvalue weighted by Gasteiger charge is -2.37. The van der Waals surface area contributed by atoms with E-state index in [0.29, 0.717) is 43.2 Å². The Morgan fingerprint density at radius 1 is 0.833 bits per heavy atom. The number of rotatable bonds is 13. The van der Waals surface area contributed by atoms with Crippen molar-refractivity contribution < 1.29 is 24.2 Å². The van der Waals surface area contributed by atoms with Gasteiger partial charge in [0.25, 0.3) is 0 Å². The van der Waals surface area contributed by atoms with Crippen molar-refractivity contribution in [3.63, 3.8) is 0 Å². The average Bonchev–Trinajstić information content (AvgIpc) is 3.63. The number of aliphatic carboxylic acids is 1. The summed E-state index contributed by atoms with van der Waals surface area (Å²) in [6.07, 6.45) is 7.19. The van der Waals surface area contributed by atoms with Crippen molar-refractivity contribution in [2.24, 2.45) is 5.92 Å². The highest BCUT2D eigenvalue weighted by Crippen LogP contribution is 2.36. The number of carboxylic acids is 1. The zero-order valence-electron chi connectivity index (χ0n) is 27.4. The molecule has 1 saturated carbocycles. The summed E-state index contributed by atoms with van der Waals surface area (Å²) < 4.78 is 6.14. The van der Waals surface area contributed by atoms with Crippen molar-refractivity contribution in [2.75, 3.05) is 13.2 Å². The Labute approximate surface area is 282 Å². The number of benzene rings is 4. The molecule has 1 unspecified atom stereocenters. The molecule has 2 aliphatic rings. The minimum atomic E-state index is -1.16. The quantitative estimate of drug-likeness (QED) is 0.150. The van der Waals surface area contributed by atoms with Gasteiger partial charge in [0.15, 0.2) is 0 Å². The first kappa shape index (κ1) is 33.0. The summed E-state index contributed by atoms with van der Waals surface area (Å²) in [6.45, 7) is 0.922. The summed E-state index contributed by atoms with van der Waals surface area (Å²) in [5.74, 6) is -0.688. The van der Waals surface area contributed by atoms with E-state index in [4.69, 9.17) is 4.74 Å². The van der Waals surface area contributed by atoms with Gasteiger partial charge >= 0.3 is 5.97 Å². The fourth-order valence-electron chi connectivity index (χ4n) is 7.07. The summed E-state index contributed by atoms with van der Waals surface area (Å²) in [7, 11) is 0. The molecule has 0 aromatic heterocycles. The molecule has 0 saturated heterocycles. The van der Waals surface area contributed by atoms with Gasteiger partial charge in [-0.3, -0.25) is 9.59 Å².